The summed E-state index contributed by atoms with van der Waals surface area (Å²) in [6.45, 7) is 0. The summed E-state index contributed by atoms with van der Waals surface area (Å²) < 4.78 is 0. The topological polar surface area (TPSA) is 49.3 Å². The number of ketones is 1. The highest BCUT2D eigenvalue weighted by Gasteiger charge is 2.41. The Kier molecular flexibility index (Phi) is 1.91. The van der Waals surface area contributed by atoms with Crippen LogP contribution in [0.15, 0.2) is 29.8 Å². The number of aliphatic hydroxyl groups is 1. The van der Waals surface area contributed by atoms with Gasteiger partial charge in [0.1, 0.15) is 0 Å². The number of Topliss-reactive ketones (excluding diaryl/α,β-unsaturated/α-hetero) is 1. The number of fused-ring (bicyclic) bond motifs is 2. The third-order valence-corrected chi connectivity index (χ3v) is 3.29. The van der Waals surface area contributed by atoms with E-state index in [0.717, 1.165) is 17.7 Å². The molecular weight excluding hydrogens is 202 g/mol. The minimum Gasteiger partial charge on any atom is -0.367 e. The molecule has 1 saturated carbocycles. The van der Waals surface area contributed by atoms with Crippen LogP contribution in [0.25, 0.3) is 6.08 Å². The average Bonchev–Trinajstić information content (AvgIpc) is 2.27. The molecule has 1 aliphatic heterocycles. The van der Waals surface area contributed by atoms with Crippen molar-refractivity contribution in [3.63, 3.8) is 0 Å². The fraction of sp³-hybridized carbons (Fsp3) is 0.308. The zero-order chi connectivity index (χ0) is 11.2. The Hall–Kier alpha value is -1.61. The van der Waals surface area contributed by atoms with Gasteiger partial charge in [-0.2, -0.15) is 0 Å². The van der Waals surface area contributed by atoms with Crippen LogP contribution in [-0.2, 0) is 4.79 Å². The van der Waals surface area contributed by atoms with Crippen LogP contribution in [0.1, 0.15) is 24.8 Å². The van der Waals surface area contributed by atoms with E-state index < -0.39 is 5.72 Å². The molecule has 0 aromatic heterocycles. The number of hydrogen-bond acceptors (Lipinski definition) is 3. The molecule has 2 aliphatic rings. The Balaban J connectivity index is 2.15. The van der Waals surface area contributed by atoms with Gasteiger partial charge in [-0.25, -0.2) is 0 Å². The smallest absolute Gasteiger partial charge is 0.165 e. The van der Waals surface area contributed by atoms with Gasteiger partial charge in [-0.15, -0.1) is 0 Å². The Bertz CT molecular complexity index is 492. The Morgan fingerprint density at radius 2 is 2.12 bits per heavy atom. The first kappa shape index (κ1) is 9.60. The predicted octanol–water partition coefficient (Wildman–Crippen LogP) is 1.94. The van der Waals surface area contributed by atoms with Gasteiger partial charge in [-0.05, 0) is 30.5 Å². The first-order valence-electron chi connectivity index (χ1n) is 5.54. The molecule has 1 unspecified atom stereocenters. The minimum atomic E-state index is -1.15. The molecule has 1 aromatic rings. The van der Waals surface area contributed by atoms with Crippen LogP contribution < -0.4 is 5.32 Å². The molecule has 1 aliphatic carbocycles. The Labute approximate surface area is 93.8 Å². The summed E-state index contributed by atoms with van der Waals surface area (Å²) in [5.74, 6) is 0.0516. The van der Waals surface area contributed by atoms with Crippen molar-refractivity contribution in [3.05, 3.63) is 35.4 Å². The minimum absolute atomic E-state index is 0.0516. The van der Waals surface area contributed by atoms with Gasteiger partial charge in [-0.1, -0.05) is 18.2 Å². The van der Waals surface area contributed by atoms with E-state index in [1.165, 1.54) is 0 Å². The lowest BCUT2D eigenvalue weighted by molar-refractivity contribution is -0.119. The maximum absolute atomic E-state index is 11.8. The summed E-state index contributed by atoms with van der Waals surface area (Å²) >= 11 is 0. The molecule has 0 bridgehead atoms. The Morgan fingerprint density at radius 3 is 3.00 bits per heavy atom. The summed E-state index contributed by atoms with van der Waals surface area (Å²) in [6, 6.07) is 7.70. The van der Waals surface area contributed by atoms with Crippen LogP contribution in [0.5, 0.6) is 0 Å². The van der Waals surface area contributed by atoms with Crippen LogP contribution in [-0.4, -0.2) is 16.6 Å². The van der Waals surface area contributed by atoms with E-state index in [2.05, 4.69) is 5.32 Å². The molecule has 1 fully saturated rings. The van der Waals surface area contributed by atoms with Gasteiger partial charge >= 0.3 is 0 Å². The lowest BCUT2D eigenvalue weighted by Gasteiger charge is -2.38. The second kappa shape index (κ2) is 3.19. The molecule has 3 heteroatoms. The lowest BCUT2D eigenvalue weighted by atomic mass is 9.82. The largest absolute Gasteiger partial charge is 0.367 e. The van der Waals surface area contributed by atoms with Crippen molar-refractivity contribution < 1.29 is 9.90 Å². The lowest BCUT2D eigenvalue weighted by Crippen LogP contribution is -2.47. The van der Waals surface area contributed by atoms with Gasteiger partial charge in [0.15, 0.2) is 11.5 Å². The molecule has 3 rings (SSSR count). The van der Waals surface area contributed by atoms with E-state index in [-0.39, 0.29) is 5.78 Å². The Morgan fingerprint density at radius 1 is 1.31 bits per heavy atom. The first-order chi connectivity index (χ1) is 7.69. The molecule has 2 N–H and O–H groups in total. The van der Waals surface area contributed by atoms with Crippen molar-refractivity contribution in [2.45, 2.75) is 25.0 Å². The number of benzene rings is 1. The predicted molar refractivity (Wildman–Crippen MR) is 61.8 cm³/mol. The number of carbonyl (C=O) groups excluding carboxylic acids is 1. The van der Waals surface area contributed by atoms with Gasteiger partial charge in [0.05, 0.1) is 0 Å². The monoisotopic (exact) mass is 215 g/mol. The van der Waals surface area contributed by atoms with Crippen LogP contribution in [0.2, 0.25) is 0 Å². The first-order valence-corrected chi connectivity index (χ1v) is 5.54. The van der Waals surface area contributed by atoms with Crippen molar-refractivity contribution in [1.82, 2.24) is 0 Å². The van der Waals surface area contributed by atoms with Gasteiger partial charge in [0, 0.05) is 17.7 Å². The van der Waals surface area contributed by atoms with Crippen LogP contribution in [0, 0.1) is 0 Å². The summed E-state index contributed by atoms with van der Waals surface area (Å²) in [7, 11) is 0. The normalized spacial score (nSPS) is 27.6. The molecule has 82 valence electrons. The number of carbonyl (C=O) groups is 1. The van der Waals surface area contributed by atoms with Crippen molar-refractivity contribution in [2.75, 3.05) is 5.32 Å². The fourth-order valence-corrected chi connectivity index (χ4v) is 2.45. The van der Waals surface area contributed by atoms with E-state index in [9.17, 15) is 9.90 Å². The molecular formula is C13H13NO2. The summed E-state index contributed by atoms with van der Waals surface area (Å²) in [5.41, 5.74) is 1.22. The van der Waals surface area contributed by atoms with Crippen LogP contribution in [0.3, 0.4) is 0 Å². The third-order valence-electron chi connectivity index (χ3n) is 3.29. The number of hydrogen-bond donors (Lipinski definition) is 2. The quantitative estimate of drug-likeness (QED) is 0.695. The van der Waals surface area contributed by atoms with Gasteiger partial charge < -0.3 is 10.4 Å². The van der Waals surface area contributed by atoms with E-state index in [0.29, 0.717) is 18.4 Å². The van der Waals surface area contributed by atoms with Crippen molar-refractivity contribution in [2.24, 2.45) is 0 Å². The van der Waals surface area contributed by atoms with Gasteiger partial charge in [0.2, 0.25) is 0 Å². The van der Waals surface area contributed by atoms with Gasteiger partial charge in [-0.3, -0.25) is 4.79 Å². The molecule has 3 nitrogen and oxygen atoms in total. The van der Waals surface area contributed by atoms with Crippen molar-refractivity contribution >= 4 is 17.5 Å². The van der Waals surface area contributed by atoms with E-state index >= 15 is 0 Å². The summed E-state index contributed by atoms with van der Waals surface area (Å²) in [6.07, 6.45) is 3.69. The highest BCUT2D eigenvalue weighted by molar-refractivity contribution is 6.04. The van der Waals surface area contributed by atoms with E-state index in [1.54, 1.807) is 0 Å². The van der Waals surface area contributed by atoms with Crippen LogP contribution >= 0.6 is 0 Å². The van der Waals surface area contributed by atoms with E-state index in [1.807, 2.05) is 30.3 Å². The second-order valence-corrected chi connectivity index (χ2v) is 4.41. The number of nitrogens with one attached hydrogen (secondary N) is 1. The fourth-order valence-electron chi connectivity index (χ4n) is 2.45. The third kappa shape index (κ3) is 1.28. The highest BCUT2D eigenvalue weighted by atomic mass is 16.3. The van der Waals surface area contributed by atoms with Crippen LogP contribution in [0.4, 0.5) is 5.69 Å². The van der Waals surface area contributed by atoms with Crippen molar-refractivity contribution in [3.8, 4) is 0 Å². The highest BCUT2D eigenvalue weighted by Crippen LogP contribution is 2.38. The maximum atomic E-state index is 11.8. The molecule has 1 aromatic carbocycles. The van der Waals surface area contributed by atoms with E-state index in [4.69, 9.17) is 0 Å². The molecule has 0 radical (unpaired) electrons. The molecule has 16 heavy (non-hydrogen) atoms. The maximum Gasteiger partial charge on any atom is 0.165 e. The number of para-hydroxylation sites is 1. The van der Waals surface area contributed by atoms with Crippen molar-refractivity contribution in [1.29, 1.82) is 0 Å². The zero-order valence-electron chi connectivity index (χ0n) is 8.86. The average molecular weight is 215 g/mol. The standard InChI is InChI=1S/C13H13NO2/c15-12-6-3-7-13(16)10(12)8-9-4-1-2-5-11(9)14-13/h1-2,4-5,8,14,16H,3,6-7H2. The summed E-state index contributed by atoms with van der Waals surface area (Å²) in [5, 5.41) is 13.5. The van der Waals surface area contributed by atoms with Gasteiger partial charge in [0.25, 0.3) is 0 Å². The number of anilines is 1. The molecule has 1 atom stereocenters. The molecule has 0 amide bonds. The molecule has 1 heterocycles. The molecule has 0 saturated heterocycles. The summed E-state index contributed by atoms with van der Waals surface area (Å²) in [4.78, 5) is 11.8. The molecule has 0 spiro atoms. The zero-order valence-corrected chi connectivity index (χ0v) is 8.86. The number of rotatable bonds is 0. The second-order valence-electron chi connectivity index (χ2n) is 4.41. The SMILES string of the molecule is O=C1CCCC2(O)Nc3ccccc3C=C12.